The molecule has 21 heavy (non-hydrogen) atoms. The topological polar surface area (TPSA) is 126 Å². The summed E-state index contributed by atoms with van der Waals surface area (Å²) < 4.78 is 12.2. The van der Waals surface area contributed by atoms with E-state index >= 15 is 0 Å². The van der Waals surface area contributed by atoms with Gasteiger partial charge in [0, 0.05) is 6.61 Å². The fourth-order valence-corrected chi connectivity index (χ4v) is 1.43. The van der Waals surface area contributed by atoms with Crippen molar-refractivity contribution in [1.29, 1.82) is 0 Å². The van der Waals surface area contributed by atoms with E-state index in [0.717, 1.165) is 19.4 Å². The number of nitrogens with two attached hydrogens (primary N) is 1. The summed E-state index contributed by atoms with van der Waals surface area (Å²) >= 11 is 0. The lowest BCUT2D eigenvalue weighted by Crippen LogP contribution is -2.16. The van der Waals surface area contributed by atoms with Crippen molar-refractivity contribution >= 4 is 5.95 Å². The van der Waals surface area contributed by atoms with Gasteiger partial charge in [0.2, 0.25) is 5.95 Å². The molecule has 0 amide bonds. The highest BCUT2D eigenvalue weighted by molar-refractivity contribution is 5.27. The van der Waals surface area contributed by atoms with Crippen molar-refractivity contribution in [3.8, 4) is 12.0 Å². The normalized spacial score (nSPS) is 10.6. The van der Waals surface area contributed by atoms with Crippen molar-refractivity contribution in [2.45, 2.75) is 19.8 Å². The Morgan fingerprint density at radius 1 is 1.24 bits per heavy atom. The molecule has 0 radical (unpaired) electrons. The first-order valence-corrected chi connectivity index (χ1v) is 6.61. The summed E-state index contributed by atoms with van der Waals surface area (Å²) in [6.45, 7) is 3.64. The van der Waals surface area contributed by atoms with E-state index in [4.69, 9.17) is 15.3 Å². The Labute approximate surface area is 121 Å². The summed E-state index contributed by atoms with van der Waals surface area (Å²) in [7, 11) is 0. The molecule has 0 aliphatic rings. The first-order chi connectivity index (χ1) is 10.3. The molecule has 0 saturated carbocycles. The van der Waals surface area contributed by atoms with Gasteiger partial charge in [0.15, 0.2) is 0 Å². The molecule has 0 spiro atoms. The van der Waals surface area contributed by atoms with Crippen molar-refractivity contribution in [3.05, 3.63) is 12.7 Å². The second-order valence-electron chi connectivity index (χ2n) is 4.04. The van der Waals surface area contributed by atoms with Gasteiger partial charge in [0.25, 0.3) is 5.95 Å². The Morgan fingerprint density at radius 2 is 2.14 bits per heavy atom. The minimum atomic E-state index is 0.141. The zero-order valence-electron chi connectivity index (χ0n) is 11.8. The minimum absolute atomic E-state index is 0.141. The number of nitrogen functional groups attached to an aromatic ring is 1. The summed E-state index contributed by atoms with van der Waals surface area (Å²) in [6, 6.07) is 0.141. The third-order valence-corrected chi connectivity index (χ3v) is 2.46. The SMILES string of the molecule is CCCCOCCOc1nc(NN)nc(-n2cncn2)n1. The lowest BCUT2D eigenvalue weighted by atomic mass is 10.4. The van der Waals surface area contributed by atoms with Gasteiger partial charge in [-0.1, -0.05) is 13.3 Å². The molecule has 2 aromatic rings. The van der Waals surface area contributed by atoms with Gasteiger partial charge in [-0.25, -0.2) is 10.8 Å². The smallest absolute Gasteiger partial charge is 0.323 e. The van der Waals surface area contributed by atoms with E-state index in [9.17, 15) is 0 Å². The average Bonchev–Trinajstić information content (AvgIpc) is 3.05. The Hall–Kier alpha value is -2.33. The van der Waals surface area contributed by atoms with E-state index in [1.807, 2.05) is 0 Å². The second-order valence-corrected chi connectivity index (χ2v) is 4.04. The number of aromatic nitrogens is 6. The Bertz CT molecular complexity index is 533. The van der Waals surface area contributed by atoms with Crippen molar-refractivity contribution in [2.75, 3.05) is 25.2 Å². The van der Waals surface area contributed by atoms with Gasteiger partial charge in [0.05, 0.1) is 6.61 Å². The standard InChI is InChI=1S/C11H18N8O2/c1-2-3-4-20-5-6-21-11-16-9(18-12)15-10(17-11)19-8-13-7-14-19/h7-8H,2-6,12H2,1H3,(H,15,16,17,18). The van der Waals surface area contributed by atoms with Crippen molar-refractivity contribution in [1.82, 2.24) is 29.7 Å². The fraction of sp³-hybridized carbons (Fsp3) is 0.545. The molecule has 0 bridgehead atoms. The molecule has 0 fully saturated rings. The van der Waals surface area contributed by atoms with Crippen LogP contribution in [-0.2, 0) is 4.74 Å². The largest absolute Gasteiger partial charge is 0.461 e. The Morgan fingerprint density at radius 3 is 2.86 bits per heavy atom. The zero-order valence-corrected chi connectivity index (χ0v) is 11.8. The van der Waals surface area contributed by atoms with Crippen LogP contribution in [0.4, 0.5) is 5.95 Å². The molecule has 0 aliphatic carbocycles. The first-order valence-electron chi connectivity index (χ1n) is 6.61. The van der Waals surface area contributed by atoms with Gasteiger partial charge in [0.1, 0.15) is 19.3 Å². The highest BCUT2D eigenvalue weighted by Gasteiger charge is 2.09. The van der Waals surface area contributed by atoms with Crippen molar-refractivity contribution < 1.29 is 9.47 Å². The Balaban J connectivity index is 1.94. The number of nitrogens with zero attached hydrogens (tertiary/aromatic N) is 6. The quantitative estimate of drug-likeness (QED) is 0.371. The molecule has 0 aromatic carbocycles. The molecule has 2 rings (SSSR count). The molecule has 3 N–H and O–H groups in total. The zero-order chi connectivity index (χ0) is 14.9. The third kappa shape index (κ3) is 4.61. The monoisotopic (exact) mass is 294 g/mol. The lowest BCUT2D eigenvalue weighted by Gasteiger charge is -2.08. The van der Waals surface area contributed by atoms with Gasteiger partial charge in [-0.15, -0.1) is 0 Å². The number of unbranched alkanes of at least 4 members (excludes halogenated alkanes) is 1. The van der Waals surface area contributed by atoms with Gasteiger partial charge < -0.3 is 9.47 Å². The predicted molar refractivity (Wildman–Crippen MR) is 73.8 cm³/mol. The van der Waals surface area contributed by atoms with E-state index < -0.39 is 0 Å². The number of anilines is 1. The molecule has 10 heteroatoms. The number of hydrogen-bond donors (Lipinski definition) is 2. The van der Waals surface area contributed by atoms with E-state index in [0.29, 0.717) is 13.2 Å². The van der Waals surface area contributed by atoms with Crippen LogP contribution in [0.25, 0.3) is 5.95 Å². The number of hydrazine groups is 1. The van der Waals surface area contributed by atoms with E-state index in [1.54, 1.807) is 0 Å². The van der Waals surface area contributed by atoms with Crippen LogP contribution < -0.4 is 16.0 Å². The predicted octanol–water partition coefficient (Wildman–Crippen LogP) is -0.0666. The highest BCUT2D eigenvalue weighted by Crippen LogP contribution is 2.09. The molecule has 0 saturated heterocycles. The molecule has 2 aromatic heterocycles. The molecule has 10 nitrogen and oxygen atoms in total. The summed E-state index contributed by atoms with van der Waals surface area (Å²) in [4.78, 5) is 16.0. The molecular weight excluding hydrogens is 276 g/mol. The maximum Gasteiger partial charge on any atom is 0.323 e. The molecule has 0 unspecified atom stereocenters. The van der Waals surface area contributed by atoms with E-state index in [1.165, 1.54) is 17.3 Å². The lowest BCUT2D eigenvalue weighted by molar-refractivity contribution is 0.0947. The maximum atomic E-state index is 5.42. The van der Waals surface area contributed by atoms with Gasteiger partial charge in [-0.2, -0.15) is 24.7 Å². The van der Waals surface area contributed by atoms with Gasteiger partial charge in [-0.05, 0) is 6.42 Å². The average molecular weight is 294 g/mol. The van der Waals surface area contributed by atoms with Crippen LogP contribution in [0.3, 0.4) is 0 Å². The van der Waals surface area contributed by atoms with Crippen LogP contribution in [0.15, 0.2) is 12.7 Å². The molecule has 2 heterocycles. The van der Waals surface area contributed by atoms with Crippen LogP contribution in [-0.4, -0.2) is 49.5 Å². The van der Waals surface area contributed by atoms with E-state index in [-0.39, 0.29) is 17.9 Å². The second kappa shape index (κ2) is 8.07. The van der Waals surface area contributed by atoms with Gasteiger partial charge >= 0.3 is 6.01 Å². The number of rotatable bonds is 9. The number of ether oxygens (including phenoxy) is 2. The van der Waals surface area contributed by atoms with Crippen molar-refractivity contribution in [3.63, 3.8) is 0 Å². The number of hydrogen-bond acceptors (Lipinski definition) is 9. The molecular formula is C11H18N8O2. The van der Waals surface area contributed by atoms with Crippen molar-refractivity contribution in [2.24, 2.45) is 5.84 Å². The minimum Gasteiger partial charge on any atom is -0.461 e. The Kier molecular flexibility index (Phi) is 5.79. The summed E-state index contributed by atoms with van der Waals surface area (Å²) in [5.41, 5.74) is 2.35. The van der Waals surface area contributed by atoms with Crippen LogP contribution in [0.2, 0.25) is 0 Å². The van der Waals surface area contributed by atoms with E-state index in [2.05, 4.69) is 37.4 Å². The maximum absolute atomic E-state index is 5.42. The van der Waals surface area contributed by atoms with Crippen LogP contribution >= 0.6 is 0 Å². The van der Waals surface area contributed by atoms with Crippen LogP contribution in [0, 0.1) is 0 Å². The first kappa shape index (κ1) is 15.1. The summed E-state index contributed by atoms with van der Waals surface area (Å²) in [5.74, 6) is 5.76. The third-order valence-electron chi connectivity index (χ3n) is 2.46. The number of nitrogens with one attached hydrogen (secondary N) is 1. The molecule has 0 atom stereocenters. The van der Waals surface area contributed by atoms with Gasteiger partial charge in [-0.3, -0.25) is 5.43 Å². The van der Waals surface area contributed by atoms with Crippen LogP contribution in [0.5, 0.6) is 6.01 Å². The summed E-state index contributed by atoms with van der Waals surface area (Å²) in [5, 5.41) is 3.94. The molecule has 0 aliphatic heterocycles. The molecule has 114 valence electrons. The van der Waals surface area contributed by atoms with Crippen LogP contribution in [0.1, 0.15) is 19.8 Å². The fourth-order valence-electron chi connectivity index (χ4n) is 1.43. The summed E-state index contributed by atoms with van der Waals surface area (Å²) in [6.07, 6.45) is 4.97. The highest BCUT2D eigenvalue weighted by atomic mass is 16.5.